The minimum atomic E-state index is -1.11. The van der Waals surface area contributed by atoms with Crippen molar-refractivity contribution in [2.75, 3.05) is 29.1 Å². The van der Waals surface area contributed by atoms with Gasteiger partial charge in [-0.05, 0) is 74.8 Å². The lowest BCUT2D eigenvalue weighted by molar-refractivity contribution is 0.0523. The zero-order valence-electron chi connectivity index (χ0n) is 20.3. The number of nitrogens with zero attached hydrogens (tertiary/aromatic N) is 3. The molecule has 3 atom stereocenters. The summed E-state index contributed by atoms with van der Waals surface area (Å²) >= 11 is 4.94. The molecule has 1 saturated carbocycles. The average molecular weight is 518 g/mol. The summed E-state index contributed by atoms with van der Waals surface area (Å²) in [4.78, 5) is 24.7. The van der Waals surface area contributed by atoms with Crippen LogP contribution in [0.1, 0.15) is 57.2 Å². The van der Waals surface area contributed by atoms with E-state index in [1.54, 1.807) is 0 Å². The van der Waals surface area contributed by atoms with Gasteiger partial charge < -0.3 is 24.8 Å². The van der Waals surface area contributed by atoms with E-state index in [1.807, 2.05) is 32.9 Å². The number of hydrogen-bond acceptors (Lipinski definition) is 7. The minimum absolute atomic E-state index is 0.0302. The second kappa shape index (κ2) is 9.67. The van der Waals surface area contributed by atoms with Crippen LogP contribution in [0, 0.1) is 0 Å². The van der Waals surface area contributed by atoms with Crippen molar-refractivity contribution >= 4 is 40.6 Å². The van der Waals surface area contributed by atoms with Crippen LogP contribution in [0.25, 0.3) is 0 Å². The molecule has 35 heavy (non-hydrogen) atoms. The molecule has 1 aromatic carbocycles. The Morgan fingerprint density at radius 3 is 2.57 bits per heavy atom. The maximum absolute atomic E-state index is 12.7. The molecule has 1 amide bonds. The van der Waals surface area contributed by atoms with Crippen LogP contribution in [0.5, 0.6) is 0 Å². The van der Waals surface area contributed by atoms with Crippen LogP contribution in [0.2, 0.25) is 5.02 Å². The molecule has 2 fully saturated rings. The first-order valence-corrected chi connectivity index (χ1v) is 13.9. The molecule has 2 aromatic rings. The fourth-order valence-electron chi connectivity index (χ4n) is 4.72. The molecule has 1 aromatic heterocycles. The Bertz CT molecular complexity index is 1090. The van der Waals surface area contributed by atoms with E-state index >= 15 is 0 Å². The van der Waals surface area contributed by atoms with Gasteiger partial charge in [0.1, 0.15) is 17.0 Å². The highest BCUT2D eigenvalue weighted by Gasteiger charge is 2.42. The van der Waals surface area contributed by atoms with Crippen LogP contribution >= 0.6 is 11.6 Å². The number of aryl methyl sites for hydroxylation is 1. The molecular weight excluding hydrogens is 486 g/mol. The minimum Gasteiger partial charge on any atom is -0.611 e. The number of halogens is 1. The second-order valence-corrected chi connectivity index (χ2v) is 12.4. The van der Waals surface area contributed by atoms with Gasteiger partial charge in [0, 0.05) is 24.5 Å². The van der Waals surface area contributed by atoms with Gasteiger partial charge in [-0.25, -0.2) is 9.78 Å². The van der Waals surface area contributed by atoms with Crippen LogP contribution in [0.3, 0.4) is 0 Å². The number of piperidine rings is 1. The molecule has 5 rings (SSSR count). The number of carbonyl (C=O) groups excluding carboxylic acids is 1. The Kier molecular flexibility index (Phi) is 6.76. The molecule has 188 valence electrons. The molecule has 1 aliphatic carbocycles. The maximum atomic E-state index is 12.7. The molecule has 1 saturated heterocycles. The van der Waals surface area contributed by atoms with Crippen molar-refractivity contribution in [3.63, 3.8) is 0 Å². The Balaban J connectivity index is 1.25. The quantitative estimate of drug-likeness (QED) is 0.571. The summed E-state index contributed by atoms with van der Waals surface area (Å²) in [5, 5.41) is 7.09. The van der Waals surface area contributed by atoms with Gasteiger partial charge in [-0.2, -0.15) is 4.98 Å². The Labute approximate surface area is 214 Å². The number of rotatable bonds is 5. The van der Waals surface area contributed by atoms with E-state index in [9.17, 15) is 9.35 Å². The molecule has 8 nitrogen and oxygen atoms in total. The summed E-state index contributed by atoms with van der Waals surface area (Å²) in [6, 6.07) is 8.13. The lowest BCUT2D eigenvalue weighted by Crippen LogP contribution is -2.36. The third-order valence-electron chi connectivity index (χ3n) is 6.61. The number of fused-ring (bicyclic) bond motifs is 1. The summed E-state index contributed by atoms with van der Waals surface area (Å²) in [5.41, 5.74) is 1.65. The highest BCUT2D eigenvalue weighted by Crippen LogP contribution is 2.37. The summed E-state index contributed by atoms with van der Waals surface area (Å²) in [6.45, 7) is 7.25. The smallest absolute Gasteiger partial charge is 0.407 e. The highest BCUT2D eigenvalue weighted by molar-refractivity contribution is 7.91. The molecule has 0 spiro atoms. The number of amides is 1. The van der Waals surface area contributed by atoms with E-state index < -0.39 is 22.9 Å². The average Bonchev–Trinajstić information content (AvgIpc) is 3.40. The lowest BCUT2D eigenvalue weighted by atomic mass is 9.89. The number of nitrogens with one attached hydrogen (secondary N) is 2. The Hall–Kier alpha value is -2.23. The SMILES string of the molecule is CC(C)(C)OC(=O)N[C@@H]1CC1Nc1nc(N2CCC(c3ccc(Cl)cc3)CC2)nc2c1[S+]([O-])CC2. The summed E-state index contributed by atoms with van der Waals surface area (Å²) in [7, 11) is 0. The zero-order valence-corrected chi connectivity index (χ0v) is 21.9. The Morgan fingerprint density at radius 2 is 1.89 bits per heavy atom. The molecule has 0 radical (unpaired) electrons. The summed E-state index contributed by atoms with van der Waals surface area (Å²) in [6.07, 6.45) is 3.07. The zero-order chi connectivity index (χ0) is 24.7. The number of anilines is 2. The molecule has 10 heteroatoms. The molecule has 2 unspecified atom stereocenters. The van der Waals surface area contributed by atoms with E-state index in [4.69, 9.17) is 26.3 Å². The van der Waals surface area contributed by atoms with Crippen molar-refractivity contribution in [1.29, 1.82) is 0 Å². The monoisotopic (exact) mass is 517 g/mol. The van der Waals surface area contributed by atoms with Crippen molar-refractivity contribution in [1.82, 2.24) is 15.3 Å². The van der Waals surface area contributed by atoms with E-state index in [0.29, 0.717) is 34.8 Å². The van der Waals surface area contributed by atoms with Gasteiger partial charge in [0.2, 0.25) is 10.8 Å². The standard InChI is InChI=1S/C25H32ClN5O3S/c1-25(2,3)34-24(32)29-20-14-19(20)27-22-21-18(10-13-35(21)33)28-23(30-22)31-11-8-16(9-12-31)15-4-6-17(26)7-5-15/h4-7,16,19-20H,8-14H2,1-3H3,(H,29,32)(H,27,28,30)/t19?,20-,35?/m1/s1. The Morgan fingerprint density at radius 1 is 1.17 bits per heavy atom. The van der Waals surface area contributed by atoms with Crippen LogP contribution in [-0.2, 0) is 22.3 Å². The van der Waals surface area contributed by atoms with Crippen molar-refractivity contribution in [3.05, 3.63) is 40.5 Å². The van der Waals surface area contributed by atoms with Crippen molar-refractivity contribution < 1.29 is 14.1 Å². The van der Waals surface area contributed by atoms with Gasteiger partial charge in [0.15, 0.2) is 5.82 Å². The van der Waals surface area contributed by atoms with Gasteiger partial charge in [0.05, 0.1) is 12.1 Å². The van der Waals surface area contributed by atoms with Gasteiger partial charge in [-0.1, -0.05) is 23.7 Å². The number of ether oxygens (including phenoxy) is 1. The topological polar surface area (TPSA) is 102 Å². The molecule has 3 aliphatic rings. The third-order valence-corrected chi connectivity index (χ3v) is 8.32. The lowest BCUT2D eigenvalue weighted by Gasteiger charge is -2.32. The van der Waals surface area contributed by atoms with Crippen molar-refractivity contribution in [2.24, 2.45) is 0 Å². The molecule has 2 N–H and O–H groups in total. The summed E-state index contributed by atoms with van der Waals surface area (Å²) in [5.74, 6) is 2.40. The number of aromatic nitrogens is 2. The van der Waals surface area contributed by atoms with Crippen molar-refractivity contribution in [2.45, 2.75) is 75.0 Å². The van der Waals surface area contributed by atoms with Crippen LogP contribution in [-0.4, -0.2) is 57.1 Å². The molecular formula is C25H32ClN5O3S. The predicted octanol–water partition coefficient (Wildman–Crippen LogP) is 4.26. The van der Waals surface area contributed by atoms with Gasteiger partial charge in [-0.3, -0.25) is 0 Å². The first-order valence-electron chi connectivity index (χ1n) is 12.2. The third kappa shape index (κ3) is 5.78. The largest absolute Gasteiger partial charge is 0.611 e. The predicted molar refractivity (Wildman–Crippen MR) is 138 cm³/mol. The van der Waals surface area contributed by atoms with E-state index in [0.717, 1.165) is 43.1 Å². The number of benzene rings is 1. The normalized spacial score (nSPS) is 24.1. The van der Waals surface area contributed by atoms with E-state index in [2.05, 4.69) is 27.7 Å². The van der Waals surface area contributed by atoms with Crippen LogP contribution < -0.4 is 15.5 Å². The van der Waals surface area contributed by atoms with Crippen molar-refractivity contribution in [3.8, 4) is 0 Å². The molecule has 3 heterocycles. The van der Waals surface area contributed by atoms with Gasteiger partial charge in [0.25, 0.3) is 0 Å². The van der Waals surface area contributed by atoms with Crippen LogP contribution in [0.4, 0.5) is 16.6 Å². The van der Waals surface area contributed by atoms with E-state index in [-0.39, 0.29) is 12.1 Å². The molecule has 2 aliphatic heterocycles. The number of carbonyl (C=O) groups is 1. The molecule has 0 bridgehead atoms. The van der Waals surface area contributed by atoms with Crippen LogP contribution in [0.15, 0.2) is 29.2 Å². The second-order valence-electron chi connectivity index (χ2n) is 10.5. The van der Waals surface area contributed by atoms with Gasteiger partial charge in [-0.15, -0.1) is 0 Å². The fraction of sp³-hybridized carbons (Fsp3) is 0.560. The maximum Gasteiger partial charge on any atom is 0.407 e. The summed E-state index contributed by atoms with van der Waals surface area (Å²) < 4.78 is 18.1. The number of alkyl carbamates (subject to hydrolysis) is 1. The first kappa shape index (κ1) is 24.5. The highest BCUT2D eigenvalue weighted by atomic mass is 35.5. The number of hydrogen-bond donors (Lipinski definition) is 2. The van der Waals surface area contributed by atoms with Gasteiger partial charge >= 0.3 is 6.09 Å². The van der Waals surface area contributed by atoms with E-state index in [1.165, 1.54) is 5.56 Å². The fourth-order valence-corrected chi connectivity index (χ4v) is 6.16. The first-order chi connectivity index (χ1) is 16.7.